The fraction of sp³-hybridized carbons (Fsp3) is 0.481. The van der Waals surface area contributed by atoms with Crippen molar-refractivity contribution < 1.29 is 19.1 Å². The Morgan fingerprint density at radius 1 is 0.865 bits per heavy atom. The standard InChI is InChI=1S/C27H34N6O4/c1-6-22(20-36-26(34)18-32(4)12-8-10-24(15-28)16-29)14-23(7-2)21-37-27(35)19-33(5)13-9-11-25(17-30)31-3/h8-13,22-23H,6-7,14,18-21H2,1-2,4-5H3/b12-8+,13-9+,25-11+. The predicted octanol–water partition coefficient (Wildman–Crippen LogP) is 3.71. The summed E-state index contributed by atoms with van der Waals surface area (Å²) in [5, 5.41) is 26.1. The second-order valence-corrected chi connectivity index (χ2v) is 8.24. The van der Waals surface area contributed by atoms with Crippen LogP contribution in [0.3, 0.4) is 0 Å². The van der Waals surface area contributed by atoms with E-state index in [9.17, 15) is 9.59 Å². The van der Waals surface area contributed by atoms with Crippen molar-refractivity contribution in [2.75, 3.05) is 40.4 Å². The molecule has 0 aliphatic carbocycles. The van der Waals surface area contributed by atoms with Crippen molar-refractivity contribution in [3.63, 3.8) is 0 Å². The number of carbonyl (C=O) groups is 2. The lowest BCUT2D eigenvalue weighted by atomic mass is 9.92. The number of rotatable bonds is 16. The van der Waals surface area contributed by atoms with E-state index in [-0.39, 0.29) is 61.3 Å². The van der Waals surface area contributed by atoms with E-state index >= 15 is 0 Å². The van der Waals surface area contributed by atoms with Crippen molar-refractivity contribution in [1.82, 2.24) is 9.80 Å². The first-order chi connectivity index (χ1) is 17.7. The van der Waals surface area contributed by atoms with Gasteiger partial charge in [-0.1, -0.05) is 32.8 Å². The Bertz CT molecular complexity index is 919. The molecule has 0 aromatic rings. The highest BCUT2D eigenvalue weighted by molar-refractivity contribution is 5.72. The molecule has 0 saturated carbocycles. The number of esters is 2. The van der Waals surface area contributed by atoms with E-state index in [1.54, 1.807) is 54.5 Å². The summed E-state index contributed by atoms with van der Waals surface area (Å²) in [5.41, 5.74) is -0.0731. The van der Waals surface area contributed by atoms with Gasteiger partial charge < -0.3 is 19.3 Å². The third-order valence-electron chi connectivity index (χ3n) is 5.21. The summed E-state index contributed by atoms with van der Waals surface area (Å²) >= 11 is 0. The molecular formula is C27H34N6O4. The van der Waals surface area contributed by atoms with Crippen LogP contribution in [-0.4, -0.2) is 62.1 Å². The quantitative estimate of drug-likeness (QED) is 0.133. The smallest absolute Gasteiger partial charge is 0.325 e. The highest BCUT2D eigenvalue weighted by atomic mass is 16.5. The average molecular weight is 507 g/mol. The first kappa shape index (κ1) is 32.5. The van der Waals surface area contributed by atoms with Crippen molar-refractivity contribution in [2.45, 2.75) is 33.1 Å². The average Bonchev–Trinajstić information content (AvgIpc) is 2.88. The van der Waals surface area contributed by atoms with Crippen LogP contribution in [0.25, 0.3) is 4.85 Å². The lowest BCUT2D eigenvalue weighted by Crippen LogP contribution is -2.27. The largest absolute Gasteiger partial charge is 0.464 e. The van der Waals surface area contributed by atoms with Crippen LogP contribution in [0, 0.1) is 52.4 Å². The number of nitrogens with zero attached hydrogens (tertiary/aromatic N) is 6. The van der Waals surface area contributed by atoms with Crippen molar-refractivity contribution in [3.05, 3.63) is 59.4 Å². The number of allylic oxidation sites excluding steroid dienone is 6. The van der Waals surface area contributed by atoms with Crippen LogP contribution in [0.5, 0.6) is 0 Å². The molecule has 0 bridgehead atoms. The van der Waals surface area contributed by atoms with Crippen LogP contribution >= 0.6 is 0 Å². The Balaban J connectivity index is 4.56. The lowest BCUT2D eigenvalue weighted by molar-refractivity contribution is -0.146. The third-order valence-corrected chi connectivity index (χ3v) is 5.21. The molecule has 0 amide bonds. The Labute approximate surface area is 219 Å². The molecule has 0 aromatic heterocycles. The van der Waals surface area contributed by atoms with E-state index in [1.165, 1.54) is 24.3 Å². The number of hydrogen-bond donors (Lipinski definition) is 0. The van der Waals surface area contributed by atoms with Gasteiger partial charge in [0.15, 0.2) is 0 Å². The molecule has 0 rings (SSSR count). The topological polar surface area (TPSA) is 135 Å². The van der Waals surface area contributed by atoms with E-state index in [0.717, 1.165) is 19.3 Å². The van der Waals surface area contributed by atoms with Crippen molar-refractivity contribution in [3.8, 4) is 18.2 Å². The Hall–Kier alpha value is -4.54. The normalized spacial score (nSPS) is 12.4. The molecule has 10 nitrogen and oxygen atoms in total. The number of likely N-dealkylation sites (N-methyl/N-ethyl adjacent to an activating group) is 2. The van der Waals surface area contributed by atoms with Gasteiger partial charge in [0.2, 0.25) is 0 Å². The van der Waals surface area contributed by atoms with Gasteiger partial charge in [-0.25, -0.2) is 10.1 Å². The molecular weight excluding hydrogens is 472 g/mol. The molecule has 2 unspecified atom stereocenters. The van der Waals surface area contributed by atoms with Gasteiger partial charge >= 0.3 is 11.9 Å². The maximum Gasteiger partial charge on any atom is 0.325 e. The van der Waals surface area contributed by atoms with Gasteiger partial charge in [-0.05, 0) is 48.9 Å². The maximum absolute atomic E-state index is 12.2. The molecule has 0 aromatic carbocycles. The Morgan fingerprint density at radius 2 is 1.32 bits per heavy atom. The van der Waals surface area contributed by atoms with Crippen LogP contribution < -0.4 is 0 Å². The molecule has 2 atom stereocenters. The summed E-state index contributed by atoms with van der Waals surface area (Å²) in [6.45, 7) is 11.4. The molecule has 37 heavy (non-hydrogen) atoms. The zero-order chi connectivity index (χ0) is 28.1. The minimum atomic E-state index is -0.390. The van der Waals surface area contributed by atoms with Crippen molar-refractivity contribution >= 4 is 11.9 Å². The van der Waals surface area contributed by atoms with E-state index < -0.39 is 0 Å². The van der Waals surface area contributed by atoms with Gasteiger partial charge in [-0.15, -0.1) is 0 Å². The van der Waals surface area contributed by atoms with Crippen LogP contribution in [-0.2, 0) is 19.1 Å². The third kappa shape index (κ3) is 15.9. The van der Waals surface area contributed by atoms with Gasteiger partial charge in [0, 0.05) is 14.1 Å². The van der Waals surface area contributed by atoms with Gasteiger partial charge in [0.1, 0.15) is 30.8 Å². The first-order valence-electron chi connectivity index (χ1n) is 11.8. The molecule has 0 aliphatic heterocycles. The number of ether oxygens (including phenoxy) is 2. The van der Waals surface area contributed by atoms with Gasteiger partial charge in [-0.2, -0.15) is 10.5 Å². The van der Waals surface area contributed by atoms with E-state index in [0.29, 0.717) is 0 Å². The number of nitriles is 3. The van der Waals surface area contributed by atoms with Crippen LogP contribution in [0.4, 0.5) is 0 Å². The predicted molar refractivity (Wildman–Crippen MR) is 137 cm³/mol. The second kappa shape index (κ2) is 19.7. The van der Waals surface area contributed by atoms with E-state index in [1.807, 2.05) is 13.8 Å². The number of hydrogen-bond acceptors (Lipinski definition) is 9. The van der Waals surface area contributed by atoms with Crippen molar-refractivity contribution in [2.24, 2.45) is 11.8 Å². The second-order valence-electron chi connectivity index (χ2n) is 8.24. The molecule has 0 heterocycles. The van der Waals surface area contributed by atoms with Gasteiger partial charge in [0.25, 0.3) is 5.70 Å². The summed E-state index contributed by atoms with van der Waals surface area (Å²) in [6, 6.07) is 5.26. The molecule has 196 valence electrons. The zero-order valence-corrected chi connectivity index (χ0v) is 21.9. The first-order valence-corrected chi connectivity index (χ1v) is 11.8. The van der Waals surface area contributed by atoms with Crippen LogP contribution in [0.1, 0.15) is 33.1 Å². The summed E-state index contributed by atoms with van der Waals surface area (Å²) < 4.78 is 10.9. The molecule has 0 saturated heterocycles. The summed E-state index contributed by atoms with van der Waals surface area (Å²) in [6.07, 6.45) is 11.3. The van der Waals surface area contributed by atoms with E-state index in [2.05, 4.69) is 4.85 Å². The van der Waals surface area contributed by atoms with Gasteiger partial charge in [0.05, 0.1) is 25.9 Å². The maximum atomic E-state index is 12.2. The van der Waals surface area contributed by atoms with Crippen molar-refractivity contribution in [1.29, 1.82) is 15.8 Å². The van der Waals surface area contributed by atoms with Crippen LogP contribution in [0.2, 0.25) is 0 Å². The van der Waals surface area contributed by atoms with Crippen LogP contribution in [0.15, 0.2) is 48.0 Å². The Morgan fingerprint density at radius 3 is 1.70 bits per heavy atom. The minimum Gasteiger partial charge on any atom is -0.464 e. The highest BCUT2D eigenvalue weighted by Crippen LogP contribution is 2.20. The Kier molecular flexibility index (Phi) is 17.3. The fourth-order valence-corrected chi connectivity index (χ4v) is 2.97. The summed E-state index contributed by atoms with van der Waals surface area (Å²) in [5.74, 6) is -0.527. The van der Waals surface area contributed by atoms with Gasteiger partial charge in [-0.3, -0.25) is 9.59 Å². The molecule has 0 aliphatic rings. The zero-order valence-electron chi connectivity index (χ0n) is 21.9. The van der Waals surface area contributed by atoms with E-state index in [4.69, 9.17) is 31.8 Å². The monoisotopic (exact) mass is 506 g/mol. The molecule has 0 fully saturated rings. The lowest BCUT2D eigenvalue weighted by Gasteiger charge is -2.22. The summed E-state index contributed by atoms with van der Waals surface area (Å²) in [4.78, 5) is 30.6. The molecule has 0 spiro atoms. The minimum absolute atomic E-state index is 0.0253. The SMILES string of the molecule is [C-]#[N+]/C(C#N)=C/C=C/N(C)CC(=O)OCC(CC)CC(CC)COC(=O)CN(C)/C=C/C=C(C#N)C#N. The number of carbonyl (C=O) groups excluding carboxylic acids is 2. The summed E-state index contributed by atoms with van der Waals surface area (Å²) in [7, 11) is 3.37. The molecule has 0 radical (unpaired) electrons. The molecule has 10 heteroatoms. The molecule has 0 N–H and O–H groups in total. The highest BCUT2D eigenvalue weighted by Gasteiger charge is 2.18. The fourth-order valence-electron chi connectivity index (χ4n) is 2.97.